The predicted octanol–water partition coefficient (Wildman–Crippen LogP) is 3.23. The van der Waals surface area contributed by atoms with Gasteiger partial charge >= 0.3 is 0 Å². The van der Waals surface area contributed by atoms with Gasteiger partial charge in [0, 0.05) is 26.2 Å². The van der Waals surface area contributed by atoms with Crippen molar-refractivity contribution < 1.29 is 22.1 Å². The zero-order valence-electron chi connectivity index (χ0n) is 21.5. The van der Waals surface area contributed by atoms with Crippen LogP contribution in [0.3, 0.4) is 0 Å². The normalized spacial score (nSPS) is 30.1. The van der Waals surface area contributed by atoms with Gasteiger partial charge in [-0.3, -0.25) is 4.18 Å². The van der Waals surface area contributed by atoms with Gasteiger partial charge in [-0.15, -0.1) is 0 Å². The average Bonchev–Trinajstić information content (AvgIpc) is 3.13. The van der Waals surface area contributed by atoms with E-state index >= 15 is 0 Å². The molecule has 1 saturated heterocycles. The van der Waals surface area contributed by atoms with E-state index in [-0.39, 0.29) is 35.5 Å². The summed E-state index contributed by atoms with van der Waals surface area (Å²) in [6.07, 6.45) is 5.49. The van der Waals surface area contributed by atoms with Gasteiger partial charge in [-0.05, 0) is 51.3 Å². The van der Waals surface area contributed by atoms with Crippen LogP contribution < -0.4 is 0 Å². The molecule has 0 bridgehead atoms. The van der Waals surface area contributed by atoms with E-state index < -0.39 is 21.4 Å². The molecule has 0 amide bonds. The Morgan fingerprint density at radius 3 is 2.68 bits per heavy atom. The van der Waals surface area contributed by atoms with Crippen LogP contribution in [0.5, 0.6) is 0 Å². The number of ether oxygens (including phenoxy) is 2. The number of nitrogens with zero attached hydrogens (tertiary/aromatic N) is 5. The molecule has 2 saturated carbocycles. The van der Waals surface area contributed by atoms with Crippen molar-refractivity contribution in [2.75, 3.05) is 20.7 Å². The fourth-order valence-corrected chi connectivity index (χ4v) is 6.92. The third kappa shape index (κ3) is 3.96. The van der Waals surface area contributed by atoms with Gasteiger partial charge in [0.1, 0.15) is 18.1 Å². The Labute approximate surface area is 216 Å². The molecule has 0 spiro atoms. The van der Waals surface area contributed by atoms with E-state index in [4.69, 9.17) is 13.7 Å². The summed E-state index contributed by atoms with van der Waals surface area (Å²) in [5.41, 5.74) is 1.35. The van der Waals surface area contributed by atoms with Crippen molar-refractivity contribution in [1.29, 1.82) is 0 Å². The van der Waals surface area contributed by atoms with Gasteiger partial charge in [0.2, 0.25) is 0 Å². The van der Waals surface area contributed by atoms with Crippen LogP contribution in [0.2, 0.25) is 0 Å². The molecule has 37 heavy (non-hydrogen) atoms. The van der Waals surface area contributed by atoms with Crippen LogP contribution in [0.15, 0.2) is 52.7 Å². The standard InChI is InChI=1S/C26H31N5O5S/c1-16-6-8-17(9-7-16)37(32,33)34-13-19-20-12-26(20,22-21(19)35-25(2,3)36-22)31-11-10-18-23(29-15-30(4)5)27-14-28-24(18)31/h6-11,14-15,19-22H,12-13H2,1-5H3/b29-15+/t19-,20-,21+,22+,26?/m0/s1. The molecule has 2 aromatic heterocycles. The minimum absolute atomic E-state index is 0.0236. The van der Waals surface area contributed by atoms with Gasteiger partial charge in [0.15, 0.2) is 11.6 Å². The van der Waals surface area contributed by atoms with Crippen LogP contribution in [-0.2, 0) is 29.3 Å². The number of rotatable bonds is 7. The van der Waals surface area contributed by atoms with Crippen molar-refractivity contribution in [1.82, 2.24) is 19.4 Å². The lowest BCUT2D eigenvalue weighted by molar-refractivity contribution is -0.162. The average molecular weight is 526 g/mol. The molecule has 0 N–H and O–H groups in total. The number of benzene rings is 1. The Morgan fingerprint density at radius 1 is 1.19 bits per heavy atom. The summed E-state index contributed by atoms with van der Waals surface area (Å²) < 4.78 is 46.4. The summed E-state index contributed by atoms with van der Waals surface area (Å²) in [6.45, 7) is 5.72. The molecule has 3 aromatic rings. The molecule has 196 valence electrons. The number of fused-ring (bicyclic) bond motifs is 4. The summed E-state index contributed by atoms with van der Waals surface area (Å²) in [4.78, 5) is 15.5. The molecule has 1 unspecified atom stereocenters. The molecule has 3 heterocycles. The van der Waals surface area contributed by atoms with Crippen molar-refractivity contribution in [3.8, 4) is 0 Å². The molecule has 6 rings (SSSR count). The van der Waals surface area contributed by atoms with Gasteiger partial charge in [-0.1, -0.05) is 17.7 Å². The summed E-state index contributed by atoms with van der Waals surface area (Å²) in [5.74, 6) is -0.236. The highest BCUT2D eigenvalue weighted by Gasteiger charge is 2.76. The number of hydrogen-bond donors (Lipinski definition) is 0. The number of hydrogen-bond acceptors (Lipinski definition) is 8. The first-order chi connectivity index (χ1) is 17.5. The topological polar surface area (TPSA) is 108 Å². The maximum atomic E-state index is 12.9. The molecule has 1 aliphatic heterocycles. The fourth-order valence-electron chi connectivity index (χ4n) is 5.97. The Morgan fingerprint density at radius 2 is 1.95 bits per heavy atom. The lowest BCUT2D eigenvalue weighted by atomic mass is 10.0. The second kappa shape index (κ2) is 8.32. The predicted molar refractivity (Wildman–Crippen MR) is 137 cm³/mol. The van der Waals surface area contributed by atoms with Crippen LogP contribution >= 0.6 is 0 Å². The Balaban J connectivity index is 1.33. The smallest absolute Gasteiger partial charge is 0.296 e. The van der Waals surface area contributed by atoms with Gasteiger partial charge in [-0.2, -0.15) is 8.42 Å². The van der Waals surface area contributed by atoms with E-state index in [1.807, 2.05) is 52.0 Å². The Hall–Kier alpha value is -2.86. The van der Waals surface area contributed by atoms with Crippen molar-refractivity contribution in [2.24, 2.45) is 16.8 Å². The third-order valence-corrected chi connectivity index (χ3v) is 8.93. The number of aliphatic imine (C=N–C) groups is 1. The van der Waals surface area contributed by atoms with Crippen molar-refractivity contribution >= 4 is 33.3 Å². The highest BCUT2D eigenvalue weighted by atomic mass is 32.2. The first-order valence-electron chi connectivity index (χ1n) is 12.4. The molecule has 11 heteroatoms. The first-order valence-corrected chi connectivity index (χ1v) is 13.8. The zero-order valence-corrected chi connectivity index (χ0v) is 22.3. The van der Waals surface area contributed by atoms with E-state index in [0.29, 0.717) is 5.82 Å². The van der Waals surface area contributed by atoms with Gasteiger partial charge in [0.05, 0.1) is 34.9 Å². The highest BCUT2D eigenvalue weighted by molar-refractivity contribution is 7.86. The largest absolute Gasteiger partial charge is 0.369 e. The van der Waals surface area contributed by atoms with Gasteiger partial charge in [0.25, 0.3) is 10.1 Å². The van der Waals surface area contributed by atoms with E-state index in [0.717, 1.165) is 23.0 Å². The summed E-state index contributed by atoms with van der Waals surface area (Å²) in [5, 5.41) is 0.844. The van der Waals surface area contributed by atoms with Crippen LogP contribution in [-0.4, -0.2) is 72.9 Å². The Bertz CT molecular complexity index is 1480. The Kier molecular flexibility index (Phi) is 5.50. The number of aryl methyl sites for hydroxylation is 1. The summed E-state index contributed by atoms with van der Waals surface area (Å²) in [6, 6.07) is 8.65. The molecule has 5 atom stereocenters. The molecule has 3 aliphatic rings. The van der Waals surface area contributed by atoms with Crippen molar-refractivity contribution in [3.63, 3.8) is 0 Å². The second-order valence-electron chi connectivity index (χ2n) is 10.9. The zero-order chi connectivity index (χ0) is 26.2. The van der Waals surface area contributed by atoms with Crippen molar-refractivity contribution in [3.05, 3.63) is 48.4 Å². The summed E-state index contributed by atoms with van der Waals surface area (Å²) in [7, 11) is -0.0924. The lowest BCUT2D eigenvalue weighted by Crippen LogP contribution is -2.37. The lowest BCUT2D eigenvalue weighted by Gasteiger charge is -2.25. The highest BCUT2D eigenvalue weighted by Crippen LogP contribution is 2.68. The second-order valence-corrected chi connectivity index (χ2v) is 12.5. The molecule has 10 nitrogen and oxygen atoms in total. The maximum Gasteiger partial charge on any atom is 0.296 e. The van der Waals surface area contributed by atoms with Crippen LogP contribution in [0.1, 0.15) is 25.8 Å². The van der Waals surface area contributed by atoms with Gasteiger partial charge < -0.3 is 18.9 Å². The van der Waals surface area contributed by atoms with Gasteiger partial charge in [-0.25, -0.2) is 15.0 Å². The van der Waals surface area contributed by atoms with Crippen LogP contribution in [0, 0.1) is 18.8 Å². The molecule has 0 radical (unpaired) electrons. The van der Waals surface area contributed by atoms with Crippen molar-refractivity contribution in [2.45, 2.75) is 55.6 Å². The monoisotopic (exact) mass is 525 g/mol. The van der Waals surface area contributed by atoms with Crippen LogP contribution in [0.4, 0.5) is 5.82 Å². The minimum atomic E-state index is -3.90. The molecule has 3 fully saturated rings. The molecule has 2 aliphatic carbocycles. The first kappa shape index (κ1) is 24.5. The molecular weight excluding hydrogens is 494 g/mol. The minimum Gasteiger partial charge on any atom is -0.369 e. The molecular formula is C26H31N5O5S. The van der Waals surface area contributed by atoms with E-state index in [1.165, 1.54) is 6.33 Å². The van der Waals surface area contributed by atoms with E-state index in [1.54, 1.807) is 30.6 Å². The fraction of sp³-hybridized carbons (Fsp3) is 0.500. The van der Waals surface area contributed by atoms with E-state index in [2.05, 4.69) is 19.5 Å². The molecule has 1 aromatic carbocycles. The maximum absolute atomic E-state index is 12.9. The number of aromatic nitrogens is 3. The SMILES string of the molecule is Cc1ccc(S(=O)(=O)OC[C@@H]2[C@H]3OC(C)(C)O[C@H]3C3(n4ccc5c(/N=C/N(C)C)ncnc54)C[C@@H]23)cc1. The summed E-state index contributed by atoms with van der Waals surface area (Å²) >= 11 is 0. The van der Waals surface area contributed by atoms with Crippen LogP contribution in [0.25, 0.3) is 11.0 Å². The third-order valence-electron chi connectivity index (χ3n) is 7.63. The quantitative estimate of drug-likeness (QED) is 0.263. The van der Waals surface area contributed by atoms with E-state index in [9.17, 15) is 8.42 Å².